The van der Waals surface area contributed by atoms with Gasteiger partial charge in [0.05, 0.1) is 9.40 Å². The summed E-state index contributed by atoms with van der Waals surface area (Å²) >= 11 is 3.39. The molecule has 0 spiro atoms. The molecular formula is C41H30N4S2. The highest BCUT2D eigenvalue weighted by molar-refractivity contribution is 7.22. The van der Waals surface area contributed by atoms with Crippen LogP contribution in [0.25, 0.3) is 75.2 Å². The molecule has 0 N–H and O–H groups in total. The van der Waals surface area contributed by atoms with Gasteiger partial charge in [0, 0.05) is 27.9 Å². The Bertz CT molecular complexity index is 2360. The van der Waals surface area contributed by atoms with Gasteiger partial charge in [0.2, 0.25) is 0 Å². The number of fused-ring (bicyclic) bond motifs is 5. The van der Waals surface area contributed by atoms with Gasteiger partial charge in [-0.15, -0.1) is 22.7 Å². The maximum Gasteiger partial charge on any atom is 0.171 e. The Balaban J connectivity index is 1.05. The molecule has 4 nitrogen and oxygen atoms in total. The number of thiazole rings is 2. The van der Waals surface area contributed by atoms with Crippen molar-refractivity contribution in [3.8, 4) is 54.5 Å². The molecule has 1 aliphatic rings. The summed E-state index contributed by atoms with van der Waals surface area (Å²) in [6, 6.07) is 39.7. The van der Waals surface area contributed by atoms with Crippen molar-refractivity contribution in [2.75, 3.05) is 0 Å². The van der Waals surface area contributed by atoms with Gasteiger partial charge in [-0.05, 0) is 107 Å². The van der Waals surface area contributed by atoms with Crippen molar-refractivity contribution < 1.29 is 0 Å². The van der Waals surface area contributed by atoms with Gasteiger partial charge < -0.3 is 0 Å². The average Bonchev–Trinajstić information content (AvgIpc) is 3.77. The molecule has 4 heterocycles. The van der Waals surface area contributed by atoms with Crippen LogP contribution in [0.4, 0.5) is 0 Å². The lowest BCUT2D eigenvalue weighted by Gasteiger charge is -2.22. The first kappa shape index (κ1) is 28.2. The van der Waals surface area contributed by atoms with Crippen LogP contribution >= 0.6 is 22.7 Å². The number of aryl methyl sites for hydroxylation is 2. The Morgan fingerprint density at radius 3 is 1.34 bits per heavy atom. The minimum absolute atomic E-state index is 0.140. The number of benzene rings is 4. The second kappa shape index (κ2) is 10.5. The zero-order chi connectivity index (χ0) is 31.9. The quantitative estimate of drug-likeness (QED) is 0.192. The van der Waals surface area contributed by atoms with E-state index in [1.807, 2.05) is 26.0 Å². The summed E-state index contributed by atoms with van der Waals surface area (Å²) in [6.45, 7) is 8.72. The van der Waals surface area contributed by atoms with E-state index in [2.05, 4.69) is 121 Å². The number of hydrogen-bond acceptors (Lipinski definition) is 6. The molecule has 0 radical (unpaired) electrons. The van der Waals surface area contributed by atoms with E-state index in [4.69, 9.17) is 9.97 Å². The van der Waals surface area contributed by atoms with Gasteiger partial charge in [-0.25, -0.2) is 19.9 Å². The maximum absolute atomic E-state index is 4.86. The van der Waals surface area contributed by atoms with Crippen molar-refractivity contribution >= 4 is 43.4 Å². The summed E-state index contributed by atoms with van der Waals surface area (Å²) in [5, 5.41) is 2.00. The standard InChI is InChI=1S/C41H30N4S2/c1-23-11-17-35-37(42-23)44-39(46-35)29-9-5-7-25(19-29)27-13-15-31-32-16-14-28(22-34(32)41(3,4)33(31)21-27)26-8-6-10-30(20-26)40-45-38-36(47-40)18-12-24(2)43-38/h5-22H,1-4H3. The van der Waals surface area contributed by atoms with E-state index < -0.39 is 0 Å². The molecule has 8 aromatic rings. The summed E-state index contributed by atoms with van der Waals surface area (Å²) in [4.78, 5) is 19.0. The van der Waals surface area contributed by atoms with Crippen LogP contribution in [0.15, 0.2) is 109 Å². The predicted octanol–water partition coefficient (Wildman–Crippen LogP) is 11.3. The van der Waals surface area contributed by atoms with E-state index in [0.29, 0.717) is 0 Å². The van der Waals surface area contributed by atoms with Gasteiger partial charge in [0.25, 0.3) is 0 Å². The second-order valence-corrected chi connectivity index (χ2v) is 15.0. The summed E-state index contributed by atoms with van der Waals surface area (Å²) < 4.78 is 2.23. The number of aromatic nitrogens is 4. The fourth-order valence-corrected chi connectivity index (χ4v) is 8.64. The normalized spacial score (nSPS) is 13.3. The third kappa shape index (κ3) is 4.70. The fraction of sp³-hybridized carbons (Fsp3) is 0.122. The van der Waals surface area contributed by atoms with Crippen molar-refractivity contribution in [2.45, 2.75) is 33.1 Å². The summed E-state index contributed by atoms with van der Waals surface area (Å²) in [5.41, 5.74) is 15.9. The first-order chi connectivity index (χ1) is 22.8. The molecule has 0 amide bonds. The van der Waals surface area contributed by atoms with E-state index in [9.17, 15) is 0 Å². The third-order valence-electron chi connectivity index (χ3n) is 9.35. The van der Waals surface area contributed by atoms with Crippen molar-refractivity contribution in [3.05, 3.63) is 132 Å². The van der Waals surface area contributed by atoms with E-state index >= 15 is 0 Å². The summed E-state index contributed by atoms with van der Waals surface area (Å²) in [6.07, 6.45) is 0. The number of pyridine rings is 2. The van der Waals surface area contributed by atoms with Gasteiger partial charge in [0.1, 0.15) is 10.0 Å². The maximum atomic E-state index is 4.86. The monoisotopic (exact) mass is 642 g/mol. The average molecular weight is 643 g/mol. The zero-order valence-electron chi connectivity index (χ0n) is 26.5. The minimum atomic E-state index is -0.140. The van der Waals surface area contributed by atoms with Crippen LogP contribution in [0.1, 0.15) is 36.4 Å². The topological polar surface area (TPSA) is 51.6 Å². The molecule has 0 aliphatic heterocycles. The van der Waals surface area contributed by atoms with Crippen molar-refractivity contribution in [1.29, 1.82) is 0 Å². The minimum Gasteiger partial charge on any atom is -0.233 e. The predicted molar refractivity (Wildman–Crippen MR) is 197 cm³/mol. The molecule has 0 fully saturated rings. The molecule has 0 bridgehead atoms. The van der Waals surface area contributed by atoms with Gasteiger partial charge in [-0.1, -0.05) is 74.5 Å². The Labute approximate surface area is 281 Å². The number of nitrogens with zero attached hydrogens (tertiary/aromatic N) is 4. The smallest absolute Gasteiger partial charge is 0.171 e. The van der Waals surface area contributed by atoms with Gasteiger partial charge >= 0.3 is 0 Å². The molecule has 4 aromatic heterocycles. The largest absolute Gasteiger partial charge is 0.233 e. The summed E-state index contributed by atoms with van der Waals surface area (Å²) in [5.74, 6) is 0. The van der Waals surface area contributed by atoms with Crippen molar-refractivity contribution in [1.82, 2.24) is 19.9 Å². The molecule has 6 heteroatoms. The highest BCUT2D eigenvalue weighted by atomic mass is 32.1. The lowest BCUT2D eigenvalue weighted by Crippen LogP contribution is -2.15. The SMILES string of the molecule is Cc1ccc2sc(-c3cccc(-c4ccc5c(c4)C(C)(C)c4cc(-c6cccc(-c7nc8nc(C)ccc8s7)c6)ccc4-5)c3)nc2n1. The Hall–Kier alpha value is -5.04. The molecule has 0 unspecified atom stereocenters. The molecule has 9 rings (SSSR count). The van der Waals surface area contributed by atoms with Gasteiger partial charge in [0.15, 0.2) is 11.3 Å². The highest BCUT2D eigenvalue weighted by Crippen LogP contribution is 2.51. The van der Waals surface area contributed by atoms with Crippen molar-refractivity contribution in [2.24, 2.45) is 0 Å². The molecular weight excluding hydrogens is 613 g/mol. The van der Waals surface area contributed by atoms with E-state index in [1.165, 1.54) is 44.5 Å². The van der Waals surface area contributed by atoms with Crippen LogP contribution in [0.2, 0.25) is 0 Å². The molecule has 0 saturated carbocycles. The Morgan fingerprint density at radius 2 is 0.872 bits per heavy atom. The van der Waals surface area contributed by atoms with Crippen LogP contribution in [-0.2, 0) is 5.41 Å². The lowest BCUT2D eigenvalue weighted by molar-refractivity contribution is 0.661. The van der Waals surface area contributed by atoms with Crippen LogP contribution < -0.4 is 0 Å². The molecule has 0 saturated heterocycles. The lowest BCUT2D eigenvalue weighted by atomic mass is 9.80. The van der Waals surface area contributed by atoms with E-state index in [-0.39, 0.29) is 5.41 Å². The van der Waals surface area contributed by atoms with Gasteiger partial charge in [-0.3, -0.25) is 0 Å². The van der Waals surface area contributed by atoms with E-state index in [0.717, 1.165) is 53.2 Å². The molecule has 4 aromatic carbocycles. The molecule has 226 valence electrons. The molecule has 47 heavy (non-hydrogen) atoms. The van der Waals surface area contributed by atoms with Crippen LogP contribution in [0.3, 0.4) is 0 Å². The van der Waals surface area contributed by atoms with Gasteiger partial charge in [-0.2, -0.15) is 0 Å². The first-order valence-electron chi connectivity index (χ1n) is 15.8. The third-order valence-corrected chi connectivity index (χ3v) is 11.5. The van der Waals surface area contributed by atoms with Crippen LogP contribution in [0.5, 0.6) is 0 Å². The molecule has 1 aliphatic carbocycles. The Morgan fingerprint density at radius 1 is 0.447 bits per heavy atom. The second-order valence-electron chi connectivity index (χ2n) is 12.9. The summed E-state index contributed by atoms with van der Waals surface area (Å²) in [7, 11) is 0. The van der Waals surface area contributed by atoms with Crippen molar-refractivity contribution in [3.63, 3.8) is 0 Å². The van der Waals surface area contributed by atoms with Crippen LogP contribution in [-0.4, -0.2) is 19.9 Å². The number of hydrogen-bond donors (Lipinski definition) is 0. The molecule has 0 atom stereocenters. The first-order valence-corrected chi connectivity index (χ1v) is 17.4. The Kier molecular flexibility index (Phi) is 6.30. The van der Waals surface area contributed by atoms with E-state index in [1.54, 1.807) is 22.7 Å². The highest BCUT2D eigenvalue weighted by Gasteiger charge is 2.36. The zero-order valence-corrected chi connectivity index (χ0v) is 28.1. The fourth-order valence-electron chi connectivity index (χ4n) is 6.83. The van der Waals surface area contributed by atoms with Crippen LogP contribution in [0, 0.1) is 13.8 Å². The number of rotatable bonds is 4.